The number of fused-ring (bicyclic) bond motifs is 1. The lowest BCUT2D eigenvalue weighted by molar-refractivity contribution is 0.201. The van der Waals surface area contributed by atoms with Crippen LogP contribution in [0.3, 0.4) is 0 Å². The predicted molar refractivity (Wildman–Crippen MR) is 90.9 cm³/mol. The average Bonchev–Trinajstić information content (AvgIpc) is 2.88. The first-order valence-electron chi connectivity index (χ1n) is 8.43. The number of rotatable bonds is 4. The molecule has 21 heavy (non-hydrogen) atoms. The first-order chi connectivity index (χ1) is 10.1. The van der Waals surface area contributed by atoms with Crippen LogP contribution in [0.4, 0.5) is 0 Å². The van der Waals surface area contributed by atoms with Crippen LogP contribution < -0.4 is 0 Å². The third-order valence-corrected chi connectivity index (χ3v) is 4.85. The highest BCUT2D eigenvalue weighted by molar-refractivity contribution is 5.81. The van der Waals surface area contributed by atoms with E-state index >= 15 is 0 Å². The fraction of sp³-hybridized carbons (Fsp3) is 0.579. The van der Waals surface area contributed by atoms with Gasteiger partial charge >= 0.3 is 0 Å². The Morgan fingerprint density at radius 1 is 1.19 bits per heavy atom. The van der Waals surface area contributed by atoms with Gasteiger partial charge in [0.25, 0.3) is 0 Å². The summed E-state index contributed by atoms with van der Waals surface area (Å²) in [5.41, 5.74) is 4.07. The number of benzene rings is 1. The smallest absolute Gasteiger partial charge is 0.0458 e. The van der Waals surface area contributed by atoms with Crippen LogP contribution in [0.25, 0.3) is 10.9 Å². The number of likely N-dealkylation sites (tertiary alicyclic amines) is 1. The molecule has 0 bridgehead atoms. The van der Waals surface area contributed by atoms with Gasteiger partial charge in [0.15, 0.2) is 0 Å². The minimum atomic E-state index is 0.716. The van der Waals surface area contributed by atoms with E-state index in [-0.39, 0.29) is 0 Å². The monoisotopic (exact) mass is 284 g/mol. The Bertz CT molecular complexity index is 589. The summed E-state index contributed by atoms with van der Waals surface area (Å²) in [7, 11) is 0. The largest absolute Gasteiger partial charge is 0.358 e. The molecule has 0 aliphatic carbocycles. The van der Waals surface area contributed by atoms with Crippen LogP contribution in [0.2, 0.25) is 0 Å². The van der Waals surface area contributed by atoms with Crippen molar-refractivity contribution in [2.75, 3.05) is 19.6 Å². The summed E-state index contributed by atoms with van der Waals surface area (Å²) in [6, 6.07) is 9.07. The minimum absolute atomic E-state index is 0.716. The minimum Gasteiger partial charge on any atom is -0.358 e. The van der Waals surface area contributed by atoms with E-state index in [1.54, 1.807) is 0 Å². The summed E-state index contributed by atoms with van der Waals surface area (Å²) in [5, 5.41) is 1.36. The Hall–Kier alpha value is -1.28. The molecule has 1 aromatic heterocycles. The van der Waals surface area contributed by atoms with E-state index in [1.807, 2.05) is 0 Å². The third kappa shape index (κ3) is 3.49. The fourth-order valence-electron chi connectivity index (χ4n) is 3.39. The molecule has 1 saturated heterocycles. The van der Waals surface area contributed by atoms with Gasteiger partial charge in [-0.15, -0.1) is 0 Å². The van der Waals surface area contributed by atoms with E-state index in [9.17, 15) is 0 Å². The summed E-state index contributed by atoms with van der Waals surface area (Å²) in [6.07, 6.45) is 3.92. The first kappa shape index (κ1) is 14.6. The van der Waals surface area contributed by atoms with E-state index in [2.05, 4.69) is 54.9 Å². The first-order valence-corrected chi connectivity index (χ1v) is 8.43. The van der Waals surface area contributed by atoms with Crippen LogP contribution in [-0.2, 0) is 0 Å². The van der Waals surface area contributed by atoms with Crippen molar-refractivity contribution in [3.8, 4) is 0 Å². The molecule has 1 aromatic carbocycles. The molecule has 2 aromatic rings. The molecule has 0 amide bonds. The normalized spacial score (nSPS) is 17.9. The molecule has 3 rings (SSSR count). The second-order valence-electron chi connectivity index (χ2n) is 7.11. The molecule has 1 N–H and O–H groups in total. The van der Waals surface area contributed by atoms with Gasteiger partial charge in [-0.1, -0.05) is 26.0 Å². The van der Waals surface area contributed by atoms with Crippen molar-refractivity contribution in [2.45, 2.75) is 46.0 Å². The maximum absolute atomic E-state index is 3.65. The fourth-order valence-corrected chi connectivity index (χ4v) is 3.39. The topological polar surface area (TPSA) is 19.0 Å². The lowest BCUT2D eigenvalue weighted by Gasteiger charge is -2.32. The summed E-state index contributed by atoms with van der Waals surface area (Å²) in [6.45, 7) is 10.6. The highest BCUT2D eigenvalue weighted by Crippen LogP contribution is 2.30. The summed E-state index contributed by atoms with van der Waals surface area (Å²) < 4.78 is 0. The number of aromatic amines is 1. The number of hydrogen-bond acceptors (Lipinski definition) is 1. The second-order valence-corrected chi connectivity index (χ2v) is 7.11. The molecule has 0 saturated carbocycles. The van der Waals surface area contributed by atoms with Gasteiger partial charge < -0.3 is 9.88 Å². The molecule has 2 heterocycles. The molecule has 2 nitrogen and oxygen atoms in total. The van der Waals surface area contributed by atoms with Crippen LogP contribution in [0.15, 0.2) is 24.3 Å². The lowest BCUT2D eigenvalue weighted by Crippen LogP contribution is -2.34. The second kappa shape index (κ2) is 6.23. The quantitative estimate of drug-likeness (QED) is 0.862. The number of hydrogen-bond donors (Lipinski definition) is 1. The Labute approximate surface area is 128 Å². The van der Waals surface area contributed by atoms with Gasteiger partial charge in [-0.05, 0) is 74.8 Å². The van der Waals surface area contributed by atoms with Crippen LogP contribution in [-0.4, -0.2) is 29.5 Å². The van der Waals surface area contributed by atoms with Crippen molar-refractivity contribution in [3.05, 3.63) is 35.5 Å². The molecule has 2 heteroatoms. The van der Waals surface area contributed by atoms with E-state index in [1.165, 1.54) is 61.1 Å². The number of H-pyrrole nitrogens is 1. The Balaban J connectivity index is 1.62. The van der Waals surface area contributed by atoms with Gasteiger partial charge in [0.1, 0.15) is 0 Å². The summed E-state index contributed by atoms with van der Waals surface area (Å²) in [4.78, 5) is 6.29. The molecule has 114 valence electrons. The molecule has 1 aliphatic rings. The van der Waals surface area contributed by atoms with Crippen molar-refractivity contribution in [2.24, 2.45) is 5.92 Å². The van der Waals surface area contributed by atoms with Gasteiger partial charge in [0.2, 0.25) is 0 Å². The Kier molecular flexibility index (Phi) is 4.34. The number of aryl methyl sites for hydroxylation is 1. The van der Waals surface area contributed by atoms with Gasteiger partial charge in [-0.25, -0.2) is 0 Å². The SMILES string of the molecule is Cc1ccc2cc(C3CCN(CCC(C)C)CC3)[nH]c2c1. The number of aromatic nitrogens is 1. The van der Waals surface area contributed by atoms with E-state index in [0.717, 1.165) is 5.92 Å². The molecule has 1 aliphatic heterocycles. The molecular formula is C19H28N2. The highest BCUT2D eigenvalue weighted by Gasteiger charge is 2.21. The Morgan fingerprint density at radius 2 is 1.95 bits per heavy atom. The summed E-state index contributed by atoms with van der Waals surface area (Å²) in [5.74, 6) is 1.53. The standard InChI is InChI=1S/C19H28N2/c1-14(2)6-9-21-10-7-16(8-11-21)19-13-17-5-4-15(3)12-18(17)20-19/h4-5,12-14,16,20H,6-11H2,1-3H3. The van der Waals surface area contributed by atoms with Crippen LogP contribution >= 0.6 is 0 Å². The van der Waals surface area contributed by atoms with Crippen molar-refractivity contribution < 1.29 is 0 Å². The number of piperidine rings is 1. The highest BCUT2D eigenvalue weighted by atomic mass is 15.1. The van der Waals surface area contributed by atoms with Gasteiger partial charge in [-0.2, -0.15) is 0 Å². The van der Waals surface area contributed by atoms with Gasteiger partial charge in [0.05, 0.1) is 0 Å². The van der Waals surface area contributed by atoms with Gasteiger partial charge in [0, 0.05) is 17.1 Å². The predicted octanol–water partition coefficient (Wildman–Crippen LogP) is 4.70. The zero-order chi connectivity index (χ0) is 14.8. The summed E-state index contributed by atoms with van der Waals surface area (Å²) >= 11 is 0. The molecule has 0 radical (unpaired) electrons. The van der Waals surface area contributed by atoms with Crippen LogP contribution in [0.1, 0.15) is 50.3 Å². The molecule has 0 unspecified atom stereocenters. The molecule has 1 fully saturated rings. The van der Waals surface area contributed by atoms with Crippen LogP contribution in [0, 0.1) is 12.8 Å². The maximum atomic E-state index is 3.65. The van der Waals surface area contributed by atoms with E-state index in [4.69, 9.17) is 0 Å². The van der Waals surface area contributed by atoms with Crippen molar-refractivity contribution >= 4 is 10.9 Å². The van der Waals surface area contributed by atoms with Gasteiger partial charge in [-0.3, -0.25) is 0 Å². The number of nitrogens with one attached hydrogen (secondary N) is 1. The lowest BCUT2D eigenvalue weighted by atomic mass is 9.93. The van der Waals surface area contributed by atoms with E-state index in [0.29, 0.717) is 5.92 Å². The van der Waals surface area contributed by atoms with E-state index < -0.39 is 0 Å². The van der Waals surface area contributed by atoms with Crippen molar-refractivity contribution in [1.82, 2.24) is 9.88 Å². The average molecular weight is 284 g/mol. The van der Waals surface area contributed by atoms with Crippen LogP contribution in [0.5, 0.6) is 0 Å². The maximum Gasteiger partial charge on any atom is 0.0458 e. The number of nitrogens with zero attached hydrogens (tertiary/aromatic N) is 1. The zero-order valence-electron chi connectivity index (χ0n) is 13.7. The zero-order valence-corrected chi connectivity index (χ0v) is 13.7. The molecular weight excluding hydrogens is 256 g/mol. The third-order valence-electron chi connectivity index (χ3n) is 4.85. The van der Waals surface area contributed by atoms with Crippen molar-refractivity contribution in [1.29, 1.82) is 0 Å². The molecule has 0 spiro atoms. The van der Waals surface area contributed by atoms with Crippen molar-refractivity contribution in [3.63, 3.8) is 0 Å². The molecule has 0 atom stereocenters. The Morgan fingerprint density at radius 3 is 2.67 bits per heavy atom.